The molecule has 1 aliphatic rings. The van der Waals surface area contributed by atoms with Crippen LogP contribution in [0.25, 0.3) is 0 Å². The Morgan fingerprint density at radius 1 is 1.08 bits per heavy atom. The second-order valence-corrected chi connectivity index (χ2v) is 6.94. The molecule has 0 fully saturated rings. The van der Waals surface area contributed by atoms with Gasteiger partial charge in [-0.25, -0.2) is 0 Å². The normalized spacial score (nSPS) is 19.8. The molecule has 1 aliphatic heterocycles. The van der Waals surface area contributed by atoms with Gasteiger partial charge in [0.05, 0.1) is 6.04 Å². The van der Waals surface area contributed by atoms with Crippen molar-refractivity contribution in [3.8, 4) is 0 Å². The van der Waals surface area contributed by atoms with Crippen molar-refractivity contribution in [3.05, 3.63) is 71.3 Å². The van der Waals surface area contributed by atoms with Gasteiger partial charge < -0.3 is 10.0 Å². The maximum Gasteiger partial charge on any atom is 0.313 e. The molecule has 0 aromatic heterocycles. The summed E-state index contributed by atoms with van der Waals surface area (Å²) in [5.41, 5.74) is 1.97. The summed E-state index contributed by atoms with van der Waals surface area (Å²) in [7, 11) is 0. The van der Waals surface area contributed by atoms with E-state index in [1.807, 2.05) is 30.3 Å². The number of carboxylic acid groups (broad SMARTS) is 1. The van der Waals surface area contributed by atoms with Gasteiger partial charge in [-0.3, -0.25) is 9.59 Å². The van der Waals surface area contributed by atoms with Crippen LogP contribution in [0.4, 0.5) is 0 Å². The fourth-order valence-electron chi connectivity index (χ4n) is 3.52. The predicted octanol–water partition coefficient (Wildman–Crippen LogP) is 4.10. The van der Waals surface area contributed by atoms with Crippen LogP contribution in [-0.2, 0) is 4.79 Å². The summed E-state index contributed by atoms with van der Waals surface area (Å²) < 4.78 is 0. The highest BCUT2D eigenvalue weighted by atomic mass is 16.4. The molecule has 1 N–H and O–H groups in total. The molecule has 0 unspecified atom stereocenters. The van der Waals surface area contributed by atoms with E-state index in [0.29, 0.717) is 23.6 Å². The van der Waals surface area contributed by atoms with Gasteiger partial charge in [0.2, 0.25) is 0 Å². The van der Waals surface area contributed by atoms with E-state index in [2.05, 4.69) is 13.8 Å². The third-order valence-electron chi connectivity index (χ3n) is 4.79. The standard InChI is InChI=1S/C21H23NO3/c1-14(2)12-13-22-19(15-8-4-3-5-9-15)18(21(24)25)16-10-6-7-11-17(16)20(22)23/h3-11,14,18-19H,12-13H2,1-2H3,(H,24,25)/t18-,19+/m0/s1. The molecule has 0 radical (unpaired) electrons. The van der Waals surface area contributed by atoms with Gasteiger partial charge in [0.25, 0.3) is 5.91 Å². The largest absolute Gasteiger partial charge is 0.481 e. The van der Waals surface area contributed by atoms with Crippen LogP contribution in [0.5, 0.6) is 0 Å². The molecule has 3 rings (SSSR count). The van der Waals surface area contributed by atoms with Crippen molar-refractivity contribution in [1.82, 2.24) is 4.90 Å². The van der Waals surface area contributed by atoms with Crippen molar-refractivity contribution >= 4 is 11.9 Å². The molecular formula is C21H23NO3. The lowest BCUT2D eigenvalue weighted by Gasteiger charge is -2.41. The van der Waals surface area contributed by atoms with E-state index in [0.717, 1.165) is 12.0 Å². The topological polar surface area (TPSA) is 57.6 Å². The number of benzene rings is 2. The summed E-state index contributed by atoms with van der Waals surface area (Å²) in [5.74, 6) is -1.31. The van der Waals surface area contributed by atoms with Crippen LogP contribution < -0.4 is 0 Å². The van der Waals surface area contributed by atoms with Crippen LogP contribution in [0.2, 0.25) is 0 Å². The second kappa shape index (κ2) is 7.09. The molecule has 0 saturated carbocycles. The highest BCUT2D eigenvalue weighted by molar-refractivity contribution is 6.00. The fraction of sp³-hybridized carbons (Fsp3) is 0.333. The lowest BCUT2D eigenvalue weighted by Crippen LogP contribution is -2.45. The molecule has 4 heteroatoms. The van der Waals surface area contributed by atoms with Crippen molar-refractivity contribution in [3.63, 3.8) is 0 Å². The van der Waals surface area contributed by atoms with Crippen LogP contribution in [0, 0.1) is 5.92 Å². The van der Waals surface area contributed by atoms with Crippen LogP contribution in [0.3, 0.4) is 0 Å². The average molecular weight is 337 g/mol. The van der Waals surface area contributed by atoms with E-state index >= 15 is 0 Å². The Kier molecular flexibility index (Phi) is 4.88. The molecule has 1 heterocycles. The zero-order valence-electron chi connectivity index (χ0n) is 14.6. The van der Waals surface area contributed by atoms with Gasteiger partial charge in [-0.05, 0) is 29.5 Å². The number of hydrogen-bond donors (Lipinski definition) is 1. The average Bonchev–Trinajstić information content (AvgIpc) is 2.61. The van der Waals surface area contributed by atoms with E-state index in [1.54, 1.807) is 29.2 Å². The zero-order chi connectivity index (χ0) is 18.0. The van der Waals surface area contributed by atoms with Crippen LogP contribution in [-0.4, -0.2) is 28.4 Å². The minimum absolute atomic E-state index is 0.0809. The number of rotatable bonds is 5. The summed E-state index contributed by atoms with van der Waals surface area (Å²) in [6.07, 6.45) is 0.837. The molecule has 0 saturated heterocycles. The fourth-order valence-corrected chi connectivity index (χ4v) is 3.52. The van der Waals surface area contributed by atoms with E-state index in [-0.39, 0.29) is 5.91 Å². The molecule has 130 valence electrons. The van der Waals surface area contributed by atoms with Crippen LogP contribution >= 0.6 is 0 Å². The van der Waals surface area contributed by atoms with E-state index in [9.17, 15) is 14.7 Å². The minimum atomic E-state index is -0.900. The zero-order valence-corrected chi connectivity index (χ0v) is 14.6. The first-order valence-corrected chi connectivity index (χ1v) is 8.68. The highest BCUT2D eigenvalue weighted by Crippen LogP contribution is 2.42. The third-order valence-corrected chi connectivity index (χ3v) is 4.79. The third kappa shape index (κ3) is 3.29. The number of aliphatic carboxylic acids is 1. The van der Waals surface area contributed by atoms with E-state index in [4.69, 9.17) is 0 Å². The van der Waals surface area contributed by atoms with Crippen LogP contribution in [0.1, 0.15) is 53.7 Å². The number of fused-ring (bicyclic) bond motifs is 1. The molecule has 2 aromatic rings. The van der Waals surface area contributed by atoms with Crippen molar-refractivity contribution in [2.45, 2.75) is 32.2 Å². The molecule has 2 atom stereocenters. The van der Waals surface area contributed by atoms with Gasteiger partial charge in [-0.15, -0.1) is 0 Å². The van der Waals surface area contributed by atoms with Crippen molar-refractivity contribution in [2.75, 3.05) is 6.54 Å². The van der Waals surface area contributed by atoms with Gasteiger partial charge in [0.15, 0.2) is 0 Å². The number of nitrogens with zero attached hydrogens (tertiary/aromatic N) is 1. The van der Waals surface area contributed by atoms with Gasteiger partial charge in [-0.2, -0.15) is 0 Å². The lowest BCUT2D eigenvalue weighted by atomic mass is 9.79. The molecule has 25 heavy (non-hydrogen) atoms. The number of carboxylic acids is 1. The molecule has 2 aromatic carbocycles. The lowest BCUT2D eigenvalue weighted by molar-refractivity contribution is -0.140. The first-order chi connectivity index (χ1) is 12.0. The highest BCUT2D eigenvalue weighted by Gasteiger charge is 2.43. The Bertz CT molecular complexity index is 770. The summed E-state index contributed by atoms with van der Waals surface area (Å²) in [6, 6.07) is 16.1. The summed E-state index contributed by atoms with van der Waals surface area (Å²) >= 11 is 0. The summed E-state index contributed by atoms with van der Waals surface area (Å²) in [6.45, 7) is 4.76. The maximum atomic E-state index is 13.1. The number of carbonyl (C=O) groups excluding carboxylic acids is 1. The predicted molar refractivity (Wildman–Crippen MR) is 96.5 cm³/mol. The van der Waals surface area contributed by atoms with E-state index in [1.165, 1.54) is 0 Å². The molecule has 0 bridgehead atoms. The molecule has 1 amide bonds. The molecule has 0 aliphatic carbocycles. The smallest absolute Gasteiger partial charge is 0.313 e. The minimum Gasteiger partial charge on any atom is -0.481 e. The quantitative estimate of drug-likeness (QED) is 0.894. The Morgan fingerprint density at radius 2 is 1.72 bits per heavy atom. The Hall–Kier alpha value is -2.62. The number of carbonyl (C=O) groups is 2. The van der Waals surface area contributed by atoms with Gasteiger partial charge in [-0.1, -0.05) is 62.4 Å². The summed E-state index contributed by atoms with van der Waals surface area (Å²) in [4.78, 5) is 27.0. The second-order valence-electron chi connectivity index (χ2n) is 6.94. The van der Waals surface area contributed by atoms with Crippen molar-refractivity contribution in [1.29, 1.82) is 0 Å². The summed E-state index contributed by atoms with van der Waals surface area (Å²) in [5, 5.41) is 9.96. The first kappa shape index (κ1) is 17.2. The number of amides is 1. The monoisotopic (exact) mass is 337 g/mol. The SMILES string of the molecule is CC(C)CCN1C(=O)c2ccccc2[C@H](C(=O)O)[C@H]1c1ccccc1. The molecule has 4 nitrogen and oxygen atoms in total. The first-order valence-electron chi connectivity index (χ1n) is 8.68. The van der Waals surface area contributed by atoms with Gasteiger partial charge in [0, 0.05) is 12.1 Å². The van der Waals surface area contributed by atoms with Crippen molar-refractivity contribution in [2.24, 2.45) is 5.92 Å². The Balaban J connectivity index is 2.14. The van der Waals surface area contributed by atoms with E-state index < -0.39 is 17.9 Å². The van der Waals surface area contributed by atoms with Crippen LogP contribution in [0.15, 0.2) is 54.6 Å². The van der Waals surface area contributed by atoms with Crippen molar-refractivity contribution < 1.29 is 14.7 Å². The Labute approximate surface area is 148 Å². The number of hydrogen-bond acceptors (Lipinski definition) is 2. The maximum absolute atomic E-state index is 13.1. The van der Waals surface area contributed by atoms with Gasteiger partial charge in [0.1, 0.15) is 5.92 Å². The van der Waals surface area contributed by atoms with Gasteiger partial charge >= 0.3 is 5.97 Å². The molecule has 0 spiro atoms. The molecular weight excluding hydrogens is 314 g/mol. The Morgan fingerprint density at radius 3 is 2.36 bits per heavy atom.